The van der Waals surface area contributed by atoms with Gasteiger partial charge in [0.2, 0.25) is 0 Å². The molecular weight excluding hydrogens is 164 g/mol. The van der Waals surface area contributed by atoms with Crippen LogP contribution in [0.1, 0.15) is 6.92 Å². The fourth-order valence-electron chi connectivity index (χ4n) is 0.554. The normalized spacial score (nSPS) is 12.6. The van der Waals surface area contributed by atoms with E-state index in [0.717, 1.165) is 0 Å². The van der Waals surface area contributed by atoms with Crippen molar-refractivity contribution in [2.45, 2.75) is 13.2 Å². The SMILES string of the molecule is CO[C@H](COC(C)=O)OCCO. The van der Waals surface area contributed by atoms with E-state index in [4.69, 9.17) is 14.6 Å². The van der Waals surface area contributed by atoms with Crippen molar-refractivity contribution in [2.75, 3.05) is 26.9 Å². The molecule has 1 atom stereocenters. The Morgan fingerprint density at radius 1 is 1.58 bits per heavy atom. The van der Waals surface area contributed by atoms with Crippen molar-refractivity contribution in [3.05, 3.63) is 0 Å². The van der Waals surface area contributed by atoms with Crippen molar-refractivity contribution in [3.8, 4) is 0 Å². The quantitative estimate of drug-likeness (QED) is 0.440. The second-order valence-corrected chi connectivity index (χ2v) is 2.06. The lowest BCUT2D eigenvalue weighted by atomic mass is 10.6. The van der Waals surface area contributed by atoms with E-state index in [1.54, 1.807) is 0 Å². The van der Waals surface area contributed by atoms with E-state index >= 15 is 0 Å². The van der Waals surface area contributed by atoms with Crippen molar-refractivity contribution in [1.29, 1.82) is 0 Å². The van der Waals surface area contributed by atoms with Gasteiger partial charge in [0.15, 0.2) is 6.29 Å². The topological polar surface area (TPSA) is 65.0 Å². The number of hydrogen-bond acceptors (Lipinski definition) is 5. The Bertz CT molecular complexity index is 125. The van der Waals surface area contributed by atoms with Gasteiger partial charge in [-0.1, -0.05) is 0 Å². The predicted octanol–water partition coefficient (Wildman–Crippen LogP) is -0.469. The van der Waals surface area contributed by atoms with Crippen LogP contribution in [0.4, 0.5) is 0 Å². The first-order valence-corrected chi connectivity index (χ1v) is 3.59. The van der Waals surface area contributed by atoms with Crippen LogP contribution in [0.5, 0.6) is 0 Å². The minimum atomic E-state index is -0.596. The van der Waals surface area contributed by atoms with E-state index in [9.17, 15) is 4.79 Å². The number of carbonyl (C=O) groups is 1. The number of aliphatic hydroxyl groups is 1. The molecule has 5 heteroatoms. The first kappa shape index (κ1) is 11.4. The van der Waals surface area contributed by atoms with Crippen LogP contribution in [0.25, 0.3) is 0 Å². The second-order valence-electron chi connectivity index (χ2n) is 2.06. The number of methoxy groups -OCH3 is 1. The third-order valence-electron chi connectivity index (χ3n) is 1.08. The first-order valence-electron chi connectivity index (χ1n) is 3.59. The lowest BCUT2D eigenvalue weighted by Crippen LogP contribution is -2.24. The van der Waals surface area contributed by atoms with Gasteiger partial charge in [-0.05, 0) is 0 Å². The van der Waals surface area contributed by atoms with Crippen LogP contribution in [0.15, 0.2) is 0 Å². The highest BCUT2D eigenvalue weighted by molar-refractivity contribution is 5.65. The Morgan fingerprint density at radius 3 is 2.67 bits per heavy atom. The lowest BCUT2D eigenvalue weighted by Gasteiger charge is -2.14. The maximum atomic E-state index is 10.4. The number of ether oxygens (including phenoxy) is 3. The molecule has 0 aliphatic carbocycles. The molecule has 0 aromatic rings. The smallest absolute Gasteiger partial charge is 0.302 e. The zero-order chi connectivity index (χ0) is 9.40. The average Bonchev–Trinajstić information content (AvgIpc) is 2.05. The Labute approximate surface area is 71.2 Å². The van der Waals surface area contributed by atoms with Crippen molar-refractivity contribution in [3.63, 3.8) is 0 Å². The van der Waals surface area contributed by atoms with E-state index in [0.29, 0.717) is 0 Å². The number of rotatable bonds is 6. The third kappa shape index (κ3) is 6.09. The fraction of sp³-hybridized carbons (Fsp3) is 0.857. The minimum Gasteiger partial charge on any atom is -0.460 e. The molecule has 72 valence electrons. The molecule has 0 unspecified atom stereocenters. The summed E-state index contributed by atoms with van der Waals surface area (Å²) in [7, 11) is 1.44. The molecular formula is C7H14O5. The molecule has 0 aliphatic heterocycles. The van der Waals surface area contributed by atoms with Crippen LogP contribution in [-0.2, 0) is 19.0 Å². The van der Waals surface area contributed by atoms with Crippen molar-refractivity contribution in [1.82, 2.24) is 0 Å². The van der Waals surface area contributed by atoms with Crippen LogP contribution in [0, 0.1) is 0 Å². The Morgan fingerprint density at radius 2 is 2.25 bits per heavy atom. The summed E-state index contributed by atoms with van der Waals surface area (Å²) < 4.78 is 14.4. The zero-order valence-electron chi connectivity index (χ0n) is 7.28. The molecule has 0 aromatic heterocycles. The summed E-state index contributed by atoms with van der Waals surface area (Å²) in [5.74, 6) is -0.385. The van der Waals surface area contributed by atoms with Crippen molar-refractivity contribution in [2.24, 2.45) is 0 Å². The number of esters is 1. The van der Waals surface area contributed by atoms with Gasteiger partial charge in [-0.2, -0.15) is 0 Å². The molecule has 0 saturated carbocycles. The maximum Gasteiger partial charge on any atom is 0.302 e. The van der Waals surface area contributed by atoms with Gasteiger partial charge in [0.25, 0.3) is 0 Å². The summed E-state index contributed by atoms with van der Waals surface area (Å²) in [6, 6.07) is 0. The molecule has 5 nitrogen and oxygen atoms in total. The van der Waals surface area contributed by atoms with Crippen molar-refractivity contribution < 1.29 is 24.1 Å². The molecule has 12 heavy (non-hydrogen) atoms. The standard InChI is InChI=1S/C7H14O5/c1-6(9)12-5-7(10-2)11-4-3-8/h7-8H,3-5H2,1-2H3/t7-/m0/s1. The van der Waals surface area contributed by atoms with Crippen LogP contribution < -0.4 is 0 Å². The highest BCUT2D eigenvalue weighted by Gasteiger charge is 2.08. The van der Waals surface area contributed by atoms with Crippen molar-refractivity contribution >= 4 is 5.97 Å². The summed E-state index contributed by atoms with van der Waals surface area (Å²) in [6.07, 6.45) is -0.596. The number of carbonyl (C=O) groups excluding carboxylic acids is 1. The Hall–Kier alpha value is -0.650. The zero-order valence-corrected chi connectivity index (χ0v) is 7.28. The summed E-state index contributed by atoms with van der Waals surface area (Å²) >= 11 is 0. The van der Waals surface area contributed by atoms with Crippen LogP contribution in [0.2, 0.25) is 0 Å². The molecule has 0 aromatic carbocycles. The van der Waals surface area contributed by atoms with E-state index in [-0.39, 0.29) is 25.8 Å². The average molecular weight is 178 g/mol. The monoisotopic (exact) mass is 178 g/mol. The highest BCUT2D eigenvalue weighted by Crippen LogP contribution is 1.94. The van der Waals surface area contributed by atoms with E-state index in [1.165, 1.54) is 14.0 Å². The van der Waals surface area contributed by atoms with Crippen LogP contribution >= 0.6 is 0 Å². The van der Waals surface area contributed by atoms with Crippen LogP contribution in [0.3, 0.4) is 0 Å². The third-order valence-corrected chi connectivity index (χ3v) is 1.08. The fourth-order valence-corrected chi connectivity index (χ4v) is 0.554. The summed E-state index contributed by atoms with van der Waals surface area (Å²) in [5.41, 5.74) is 0. The molecule has 0 saturated heterocycles. The van der Waals surface area contributed by atoms with E-state index < -0.39 is 6.29 Å². The maximum absolute atomic E-state index is 10.4. The Balaban J connectivity index is 3.45. The second kappa shape index (κ2) is 7.02. The predicted molar refractivity (Wildman–Crippen MR) is 40.5 cm³/mol. The molecule has 0 amide bonds. The van der Waals surface area contributed by atoms with Gasteiger partial charge < -0.3 is 19.3 Å². The summed E-state index contributed by atoms with van der Waals surface area (Å²) in [4.78, 5) is 10.4. The molecule has 0 fully saturated rings. The highest BCUT2D eigenvalue weighted by atomic mass is 16.7. The molecule has 0 radical (unpaired) electrons. The van der Waals surface area contributed by atoms with E-state index in [1.807, 2.05) is 0 Å². The van der Waals surface area contributed by atoms with Gasteiger partial charge >= 0.3 is 5.97 Å². The molecule has 1 N–H and O–H groups in total. The molecule has 0 spiro atoms. The summed E-state index contributed by atoms with van der Waals surface area (Å²) in [5, 5.41) is 8.40. The van der Waals surface area contributed by atoms with Crippen LogP contribution in [-0.4, -0.2) is 44.3 Å². The number of hydrogen-bond donors (Lipinski definition) is 1. The van der Waals surface area contributed by atoms with Gasteiger partial charge in [0, 0.05) is 14.0 Å². The lowest BCUT2D eigenvalue weighted by molar-refractivity contribution is -0.174. The first-order chi connectivity index (χ1) is 5.70. The Kier molecular flexibility index (Phi) is 6.64. The minimum absolute atomic E-state index is 0.0475. The summed E-state index contributed by atoms with van der Waals surface area (Å²) in [6.45, 7) is 1.43. The largest absolute Gasteiger partial charge is 0.460 e. The molecule has 0 bridgehead atoms. The molecule has 0 rings (SSSR count). The van der Waals surface area contributed by atoms with Gasteiger partial charge in [-0.15, -0.1) is 0 Å². The van der Waals surface area contributed by atoms with Gasteiger partial charge in [-0.3, -0.25) is 4.79 Å². The molecule has 0 aliphatic rings. The van der Waals surface area contributed by atoms with Gasteiger partial charge in [0.05, 0.1) is 13.2 Å². The van der Waals surface area contributed by atoms with E-state index in [2.05, 4.69) is 4.74 Å². The van der Waals surface area contributed by atoms with Gasteiger partial charge in [-0.25, -0.2) is 0 Å². The number of aliphatic hydroxyl groups excluding tert-OH is 1. The molecule has 0 heterocycles. The van der Waals surface area contributed by atoms with Gasteiger partial charge in [0.1, 0.15) is 6.61 Å².